The summed E-state index contributed by atoms with van der Waals surface area (Å²) >= 11 is 0. The second kappa shape index (κ2) is 7.23. The predicted molar refractivity (Wildman–Crippen MR) is 90.6 cm³/mol. The Morgan fingerprint density at radius 1 is 1.28 bits per heavy atom. The Balaban J connectivity index is 1.41. The number of likely N-dealkylation sites (tertiary alicyclic amines) is 1. The van der Waals surface area contributed by atoms with E-state index in [1.54, 1.807) is 12.4 Å². The lowest BCUT2D eigenvalue weighted by Crippen LogP contribution is -2.32. The summed E-state index contributed by atoms with van der Waals surface area (Å²) in [6.07, 6.45) is 6.00. The van der Waals surface area contributed by atoms with Gasteiger partial charge in [-0.2, -0.15) is 5.10 Å². The number of hydrogen-bond donors (Lipinski definition) is 1. The topological polar surface area (TPSA) is 80.3 Å². The molecule has 0 aromatic carbocycles. The molecule has 2 aromatic rings. The van der Waals surface area contributed by atoms with Crippen molar-refractivity contribution in [3.8, 4) is 5.88 Å². The van der Waals surface area contributed by atoms with Gasteiger partial charge in [-0.25, -0.2) is 4.98 Å². The van der Waals surface area contributed by atoms with Crippen LogP contribution in [0.15, 0.2) is 30.6 Å². The van der Waals surface area contributed by atoms with Crippen molar-refractivity contribution in [3.63, 3.8) is 0 Å². The van der Waals surface area contributed by atoms with Gasteiger partial charge in [-0.15, -0.1) is 0 Å². The monoisotopic (exact) mass is 342 g/mol. The summed E-state index contributed by atoms with van der Waals surface area (Å²) < 4.78 is 11.3. The van der Waals surface area contributed by atoms with Gasteiger partial charge in [0.15, 0.2) is 0 Å². The number of rotatable bonds is 4. The van der Waals surface area contributed by atoms with Crippen LogP contribution >= 0.6 is 0 Å². The second-order valence-electron chi connectivity index (χ2n) is 6.53. The molecule has 1 unspecified atom stereocenters. The van der Waals surface area contributed by atoms with Crippen molar-refractivity contribution in [2.24, 2.45) is 0 Å². The highest BCUT2D eigenvalue weighted by Crippen LogP contribution is 2.29. The number of amides is 1. The Morgan fingerprint density at radius 2 is 2.16 bits per heavy atom. The molecule has 1 atom stereocenters. The lowest BCUT2D eigenvalue weighted by atomic mass is 9.93. The van der Waals surface area contributed by atoms with Gasteiger partial charge in [0.05, 0.1) is 24.0 Å². The Morgan fingerprint density at radius 3 is 2.96 bits per heavy atom. The number of carbonyl (C=O) groups is 1. The molecule has 0 saturated carbocycles. The number of pyridine rings is 1. The molecule has 2 aliphatic rings. The van der Waals surface area contributed by atoms with E-state index >= 15 is 0 Å². The van der Waals surface area contributed by atoms with Crippen molar-refractivity contribution in [2.75, 3.05) is 26.3 Å². The van der Waals surface area contributed by atoms with Crippen molar-refractivity contribution in [1.82, 2.24) is 20.1 Å². The Bertz CT molecular complexity index is 712. The molecule has 0 radical (unpaired) electrons. The first-order valence-electron chi connectivity index (χ1n) is 8.79. The minimum absolute atomic E-state index is 0.0164. The second-order valence-corrected chi connectivity index (χ2v) is 6.53. The first kappa shape index (κ1) is 16.1. The largest absolute Gasteiger partial charge is 0.472 e. The van der Waals surface area contributed by atoms with E-state index in [1.165, 1.54) is 0 Å². The van der Waals surface area contributed by atoms with Crippen LogP contribution in [0.25, 0.3) is 0 Å². The molecule has 7 heteroatoms. The van der Waals surface area contributed by atoms with Gasteiger partial charge in [0, 0.05) is 44.4 Å². The van der Waals surface area contributed by atoms with Gasteiger partial charge >= 0.3 is 0 Å². The molecule has 1 N–H and O–H groups in total. The highest BCUT2D eigenvalue weighted by molar-refractivity contribution is 5.95. The van der Waals surface area contributed by atoms with Crippen LogP contribution in [0.1, 0.15) is 41.2 Å². The third-order valence-electron chi connectivity index (χ3n) is 4.89. The average Bonchev–Trinajstić information content (AvgIpc) is 3.32. The first-order chi connectivity index (χ1) is 12.3. The number of H-pyrrole nitrogens is 1. The molecular formula is C18H22N4O3. The summed E-state index contributed by atoms with van der Waals surface area (Å²) in [5.41, 5.74) is 1.63. The summed E-state index contributed by atoms with van der Waals surface area (Å²) in [5, 5.41) is 7.16. The van der Waals surface area contributed by atoms with E-state index in [2.05, 4.69) is 15.2 Å². The van der Waals surface area contributed by atoms with E-state index in [0.717, 1.165) is 38.2 Å². The van der Waals surface area contributed by atoms with Gasteiger partial charge in [-0.1, -0.05) is 6.07 Å². The highest BCUT2D eigenvalue weighted by Gasteiger charge is 2.32. The van der Waals surface area contributed by atoms with Gasteiger partial charge in [0.2, 0.25) is 5.88 Å². The molecule has 2 saturated heterocycles. The van der Waals surface area contributed by atoms with Crippen molar-refractivity contribution in [1.29, 1.82) is 0 Å². The van der Waals surface area contributed by atoms with Crippen LogP contribution in [-0.4, -0.2) is 58.4 Å². The number of nitrogens with one attached hydrogen (secondary N) is 1. The van der Waals surface area contributed by atoms with Gasteiger partial charge in [0.1, 0.15) is 6.10 Å². The lowest BCUT2D eigenvalue weighted by molar-refractivity contribution is 0.0753. The van der Waals surface area contributed by atoms with E-state index in [1.807, 2.05) is 23.1 Å². The molecule has 1 amide bonds. The van der Waals surface area contributed by atoms with Crippen LogP contribution in [0, 0.1) is 0 Å². The van der Waals surface area contributed by atoms with E-state index in [-0.39, 0.29) is 12.0 Å². The summed E-state index contributed by atoms with van der Waals surface area (Å²) in [6, 6.07) is 5.59. The molecule has 2 fully saturated rings. The van der Waals surface area contributed by atoms with E-state index in [9.17, 15) is 4.79 Å². The summed E-state index contributed by atoms with van der Waals surface area (Å²) in [6.45, 7) is 2.74. The number of aromatic amines is 1. The number of carbonyl (C=O) groups excluding carboxylic acids is 1. The summed E-state index contributed by atoms with van der Waals surface area (Å²) in [7, 11) is 0. The molecule has 4 heterocycles. The van der Waals surface area contributed by atoms with Crippen molar-refractivity contribution in [2.45, 2.75) is 31.3 Å². The van der Waals surface area contributed by atoms with Gasteiger partial charge in [-0.05, 0) is 18.9 Å². The molecule has 0 aliphatic carbocycles. The zero-order chi connectivity index (χ0) is 17.1. The number of ether oxygens (including phenoxy) is 2. The minimum Gasteiger partial charge on any atom is -0.472 e. The Labute approximate surface area is 146 Å². The average molecular weight is 342 g/mol. The standard InChI is InChI=1S/C18H22N4O3/c23-18(15-11-20-21-17(15)13-5-9-24-10-6-13)22-8-4-14(12-22)25-16-3-1-2-7-19-16/h1-3,7,11,13-14H,4-6,8-10,12H2,(H,20,21). The maximum Gasteiger partial charge on any atom is 0.257 e. The quantitative estimate of drug-likeness (QED) is 0.919. The Hall–Kier alpha value is -2.41. The summed E-state index contributed by atoms with van der Waals surface area (Å²) in [5.74, 6) is 0.953. The van der Waals surface area contributed by atoms with Crippen LogP contribution in [-0.2, 0) is 4.74 Å². The van der Waals surface area contributed by atoms with Crippen LogP contribution in [0.3, 0.4) is 0 Å². The van der Waals surface area contributed by atoms with E-state index in [0.29, 0.717) is 30.5 Å². The third-order valence-corrected chi connectivity index (χ3v) is 4.89. The van der Waals surface area contributed by atoms with E-state index < -0.39 is 0 Å². The van der Waals surface area contributed by atoms with Crippen molar-refractivity contribution >= 4 is 5.91 Å². The number of aromatic nitrogens is 3. The normalized spacial score (nSPS) is 21.4. The number of hydrogen-bond acceptors (Lipinski definition) is 5. The van der Waals surface area contributed by atoms with Gasteiger partial charge < -0.3 is 14.4 Å². The molecule has 0 bridgehead atoms. The zero-order valence-corrected chi connectivity index (χ0v) is 14.1. The molecule has 0 spiro atoms. The molecule has 2 aromatic heterocycles. The maximum atomic E-state index is 12.9. The minimum atomic E-state index is -0.0164. The van der Waals surface area contributed by atoms with Crippen LogP contribution < -0.4 is 4.74 Å². The van der Waals surface area contributed by atoms with Gasteiger partial charge in [0.25, 0.3) is 5.91 Å². The smallest absolute Gasteiger partial charge is 0.257 e. The third kappa shape index (κ3) is 3.51. The molecule has 7 nitrogen and oxygen atoms in total. The van der Waals surface area contributed by atoms with Crippen LogP contribution in [0.4, 0.5) is 0 Å². The summed E-state index contributed by atoms with van der Waals surface area (Å²) in [4.78, 5) is 19.0. The van der Waals surface area contributed by atoms with Crippen LogP contribution in [0.5, 0.6) is 5.88 Å². The molecule has 4 rings (SSSR count). The SMILES string of the molecule is O=C(c1cn[nH]c1C1CCOCC1)N1CCC(Oc2ccccn2)C1. The van der Waals surface area contributed by atoms with E-state index in [4.69, 9.17) is 9.47 Å². The highest BCUT2D eigenvalue weighted by atomic mass is 16.5. The molecule has 25 heavy (non-hydrogen) atoms. The predicted octanol–water partition coefficient (Wildman–Crippen LogP) is 1.99. The number of nitrogens with zero attached hydrogens (tertiary/aromatic N) is 3. The van der Waals surface area contributed by atoms with Gasteiger partial charge in [-0.3, -0.25) is 9.89 Å². The molecular weight excluding hydrogens is 320 g/mol. The van der Waals surface area contributed by atoms with Crippen molar-refractivity contribution < 1.29 is 14.3 Å². The Kier molecular flexibility index (Phi) is 4.65. The fourth-order valence-electron chi connectivity index (χ4n) is 3.53. The molecule has 132 valence electrons. The lowest BCUT2D eigenvalue weighted by Gasteiger charge is -2.23. The van der Waals surface area contributed by atoms with Crippen molar-refractivity contribution in [3.05, 3.63) is 41.9 Å². The fraction of sp³-hybridized carbons (Fsp3) is 0.500. The molecule has 2 aliphatic heterocycles. The maximum absolute atomic E-state index is 12.9. The van der Waals surface area contributed by atoms with Crippen LogP contribution in [0.2, 0.25) is 0 Å². The fourth-order valence-corrected chi connectivity index (χ4v) is 3.53. The first-order valence-corrected chi connectivity index (χ1v) is 8.79. The zero-order valence-electron chi connectivity index (χ0n) is 14.1.